The Morgan fingerprint density at radius 1 is 1.33 bits per heavy atom. The average Bonchev–Trinajstić information content (AvgIpc) is 3.07. The van der Waals surface area contributed by atoms with Crippen LogP contribution in [-0.4, -0.2) is 30.7 Å². The van der Waals surface area contributed by atoms with Crippen LogP contribution in [0.4, 0.5) is 0 Å². The summed E-state index contributed by atoms with van der Waals surface area (Å²) >= 11 is 0. The first kappa shape index (κ1) is 16.5. The second-order valence-electron chi connectivity index (χ2n) is 6.21. The SMILES string of the molecule is CC(C)NCc1cn[nH]c1S(=O)(=O)NC(C)C1CCCC1. The van der Waals surface area contributed by atoms with Gasteiger partial charge in [0.05, 0.1) is 6.20 Å². The third-order valence-corrected chi connectivity index (χ3v) is 5.67. The van der Waals surface area contributed by atoms with Crippen molar-refractivity contribution in [1.29, 1.82) is 0 Å². The summed E-state index contributed by atoms with van der Waals surface area (Å²) in [6, 6.07) is 0.257. The summed E-state index contributed by atoms with van der Waals surface area (Å²) in [5, 5.41) is 9.91. The van der Waals surface area contributed by atoms with Gasteiger partial charge >= 0.3 is 0 Å². The highest BCUT2D eigenvalue weighted by molar-refractivity contribution is 7.89. The molecule has 2 rings (SSSR count). The topological polar surface area (TPSA) is 86.9 Å². The predicted molar refractivity (Wildman–Crippen MR) is 82.3 cm³/mol. The number of nitrogens with one attached hydrogen (secondary N) is 3. The van der Waals surface area contributed by atoms with Crippen LogP contribution in [0, 0.1) is 5.92 Å². The van der Waals surface area contributed by atoms with E-state index in [1.54, 1.807) is 6.20 Å². The lowest BCUT2D eigenvalue weighted by molar-refractivity contribution is 0.423. The second kappa shape index (κ2) is 6.89. The minimum absolute atomic E-state index is 0.0355. The molecule has 1 fully saturated rings. The van der Waals surface area contributed by atoms with E-state index in [0.29, 0.717) is 24.1 Å². The van der Waals surface area contributed by atoms with Gasteiger partial charge in [0.1, 0.15) is 0 Å². The van der Waals surface area contributed by atoms with E-state index < -0.39 is 10.0 Å². The molecule has 1 aliphatic carbocycles. The van der Waals surface area contributed by atoms with Crippen molar-refractivity contribution in [1.82, 2.24) is 20.2 Å². The number of aromatic nitrogens is 2. The maximum Gasteiger partial charge on any atom is 0.258 e. The standard InChI is InChI=1S/C14H26N4O2S/c1-10(2)15-8-13-9-16-17-14(13)21(19,20)18-11(3)12-6-4-5-7-12/h9-12,15,18H,4-8H2,1-3H3,(H,16,17). The summed E-state index contributed by atoms with van der Waals surface area (Å²) in [5.41, 5.74) is 0.676. The van der Waals surface area contributed by atoms with Gasteiger partial charge in [-0.15, -0.1) is 0 Å². The highest BCUT2D eigenvalue weighted by Crippen LogP contribution is 2.28. The number of nitrogens with zero attached hydrogens (tertiary/aromatic N) is 1. The third kappa shape index (κ3) is 4.28. The first-order valence-corrected chi connectivity index (χ1v) is 9.16. The molecule has 6 nitrogen and oxygen atoms in total. The fraction of sp³-hybridized carbons (Fsp3) is 0.786. The molecule has 0 radical (unpaired) electrons. The molecule has 0 aliphatic heterocycles. The largest absolute Gasteiger partial charge is 0.310 e. The van der Waals surface area contributed by atoms with Crippen molar-refractivity contribution in [3.05, 3.63) is 11.8 Å². The fourth-order valence-corrected chi connectivity index (χ4v) is 4.27. The summed E-state index contributed by atoms with van der Waals surface area (Å²) in [7, 11) is -3.54. The number of aromatic amines is 1. The van der Waals surface area contributed by atoms with Crippen molar-refractivity contribution < 1.29 is 8.42 Å². The van der Waals surface area contributed by atoms with Crippen molar-refractivity contribution in [2.45, 2.75) is 70.1 Å². The molecule has 1 aliphatic rings. The molecule has 1 atom stereocenters. The Bertz CT molecular complexity index is 547. The van der Waals surface area contributed by atoms with Crippen LogP contribution in [0.15, 0.2) is 11.2 Å². The van der Waals surface area contributed by atoms with Gasteiger partial charge in [0, 0.05) is 24.2 Å². The molecule has 0 amide bonds. The Morgan fingerprint density at radius 3 is 2.62 bits per heavy atom. The van der Waals surface area contributed by atoms with E-state index in [1.807, 2.05) is 20.8 Å². The van der Waals surface area contributed by atoms with Crippen LogP contribution >= 0.6 is 0 Å². The molecule has 1 unspecified atom stereocenters. The molecule has 120 valence electrons. The second-order valence-corrected chi connectivity index (χ2v) is 7.87. The van der Waals surface area contributed by atoms with Crippen LogP contribution in [0.3, 0.4) is 0 Å². The molecular weight excluding hydrogens is 288 g/mol. The number of H-pyrrole nitrogens is 1. The summed E-state index contributed by atoms with van der Waals surface area (Å²) in [6.07, 6.45) is 6.18. The monoisotopic (exact) mass is 314 g/mol. The summed E-state index contributed by atoms with van der Waals surface area (Å²) in [4.78, 5) is 0. The molecule has 1 heterocycles. The van der Waals surface area contributed by atoms with E-state index in [0.717, 1.165) is 12.8 Å². The summed E-state index contributed by atoms with van der Waals surface area (Å²) in [6.45, 7) is 6.49. The minimum Gasteiger partial charge on any atom is -0.310 e. The quantitative estimate of drug-likeness (QED) is 0.716. The van der Waals surface area contributed by atoms with Crippen molar-refractivity contribution in [2.75, 3.05) is 0 Å². The lowest BCUT2D eigenvalue weighted by atomic mass is 10.0. The summed E-state index contributed by atoms with van der Waals surface area (Å²) < 4.78 is 27.8. The molecule has 0 spiro atoms. The molecule has 0 bridgehead atoms. The van der Waals surface area contributed by atoms with Gasteiger partial charge < -0.3 is 5.32 Å². The first-order chi connectivity index (χ1) is 9.90. The van der Waals surface area contributed by atoms with E-state index in [1.165, 1.54) is 12.8 Å². The van der Waals surface area contributed by atoms with Crippen molar-refractivity contribution in [3.63, 3.8) is 0 Å². The van der Waals surface area contributed by atoms with Gasteiger partial charge in [-0.1, -0.05) is 26.7 Å². The number of rotatable bonds is 7. The smallest absolute Gasteiger partial charge is 0.258 e. The normalized spacial score (nSPS) is 18.5. The first-order valence-electron chi connectivity index (χ1n) is 7.68. The Balaban J connectivity index is 2.06. The van der Waals surface area contributed by atoms with Gasteiger partial charge in [-0.25, -0.2) is 13.1 Å². The predicted octanol–water partition coefficient (Wildman–Crippen LogP) is 1.76. The molecular formula is C14H26N4O2S. The number of hydrogen-bond acceptors (Lipinski definition) is 4. The zero-order valence-electron chi connectivity index (χ0n) is 13.0. The highest BCUT2D eigenvalue weighted by Gasteiger charge is 2.28. The fourth-order valence-electron chi connectivity index (χ4n) is 2.83. The van der Waals surface area contributed by atoms with Crippen molar-refractivity contribution in [2.24, 2.45) is 5.92 Å². The van der Waals surface area contributed by atoms with Gasteiger partial charge in [-0.2, -0.15) is 5.10 Å². The van der Waals surface area contributed by atoms with E-state index in [9.17, 15) is 8.42 Å². The molecule has 0 aromatic carbocycles. The van der Waals surface area contributed by atoms with Crippen LogP contribution in [0.1, 0.15) is 52.0 Å². The van der Waals surface area contributed by atoms with Gasteiger partial charge in [0.15, 0.2) is 5.03 Å². The molecule has 3 N–H and O–H groups in total. The average molecular weight is 314 g/mol. The summed E-state index contributed by atoms with van der Waals surface area (Å²) in [5.74, 6) is 0.444. The van der Waals surface area contributed by atoms with E-state index in [-0.39, 0.29) is 11.1 Å². The van der Waals surface area contributed by atoms with Crippen molar-refractivity contribution in [3.8, 4) is 0 Å². The molecule has 1 aromatic heterocycles. The van der Waals surface area contributed by atoms with Crippen molar-refractivity contribution >= 4 is 10.0 Å². The van der Waals surface area contributed by atoms with Crippen LogP contribution < -0.4 is 10.0 Å². The van der Waals surface area contributed by atoms with E-state index in [4.69, 9.17) is 0 Å². The van der Waals surface area contributed by atoms with Gasteiger partial charge in [0.25, 0.3) is 10.0 Å². The Morgan fingerprint density at radius 2 is 2.00 bits per heavy atom. The lowest BCUT2D eigenvalue weighted by Gasteiger charge is -2.20. The Kier molecular flexibility index (Phi) is 5.40. The zero-order valence-corrected chi connectivity index (χ0v) is 13.8. The maximum atomic E-state index is 12.5. The van der Waals surface area contributed by atoms with E-state index >= 15 is 0 Å². The molecule has 0 saturated heterocycles. The lowest BCUT2D eigenvalue weighted by Crippen LogP contribution is -2.38. The van der Waals surface area contributed by atoms with Crippen LogP contribution in [0.5, 0.6) is 0 Å². The van der Waals surface area contributed by atoms with Crippen LogP contribution in [0.2, 0.25) is 0 Å². The van der Waals surface area contributed by atoms with Crippen LogP contribution in [-0.2, 0) is 16.6 Å². The van der Waals surface area contributed by atoms with Gasteiger partial charge in [-0.05, 0) is 25.7 Å². The molecule has 21 heavy (non-hydrogen) atoms. The van der Waals surface area contributed by atoms with Crippen LogP contribution in [0.25, 0.3) is 0 Å². The number of hydrogen-bond donors (Lipinski definition) is 3. The van der Waals surface area contributed by atoms with Gasteiger partial charge in [-0.3, -0.25) is 5.10 Å². The third-order valence-electron chi connectivity index (χ3n) is 4.10. The van der Waals surface area contributed by atoms with E-state index in [2.05, 4.69) is 20.2 Å². The number of sulfonamides is 1. The van der Waals surface area contributed by atoms with Gasteiger partial charge in [0.2, 0.25) is 0 Å². The zero-order chi connectivity index (χ0) is 15.5. The Hall–Kier alpha value is -0.920. The maximum absolute atomic E-state index is 12.5. The molecule has 7 heteroatoms. The minimum atomic E-state index is -3.54. The highest BCUT2D eigenvalue weighted by atomic mass is 32.2. The molecule has 1 saturated carbocycles. The molecule has 1 aromatic rings. The Labute approximate surface area is 127 Å².